The van der Waals surface area contributed by atoms with E-state index in [1.54, 1.807) is 14.2 Å². The minimum absolute atomic E-state index is 0.365. The number of nitrogens with zero attached hydrogens (tertiary/aromatic N) is 1. The van der Waals surface area contributed by atoms with Gasteiger partial charge in [0.05, 0.1) is 19.2 Å². The van der Waals surface area contributed by atoms with Crippen molar-refractivity contribution in [1.82, 2.24) is 4.90 Å². The van der Waals surface area contributed by atoms with E-state index in [2.05, 4.69) is 4.90 Å². The molecule has 0 spiro atoms. The number of methoxy groups -OCH3 is 2. The second kappa shape index (κ2) is 6.65. The van der Waals surface area contributed by atoms with E-state index in [1.807, 2.05) is 12.1 Å². The Morgan fingerprint density at radius 2 is 2.05 bits per heavy atom. The summed E-state index contributed by atoms with van der Waals surface area (Å²) in [5, 5.41) is 0.654. The Bertz CT molecular complexity index is 538. The lowest BCUT2D eigenvalue weighted by Gasteiger charge is -2.29. The van der Waals surface area contributed by atoms with Crippen molar-refractivity contribution in [2.75, 3.05) is 27.3 Å². The molecule has 1 aromatic carbocycles. The standard InChI is InChI=1S/C17H25ClN2O2/c1-21-15-7-6-12(16(18)17(15)22-2)9-20-8-11-4-3-5-14(19)13(11)10-20/h6-7,11,13-14H,3-5,8-10,19H2,1-2H3. The molecule has 3 unspecified atom stereocenters. The highest BCUT2D eigenvalue weighted by atomic mass is 35.5. The average molecular weight is 325 g/mol. The lowest BCUT2D eigenvalue weighted by atomic mass is 9.78. The molecule has 22 heavy (non-hydrogen) atoms. The van der Waals surface area contributed by atoms with Crippen LogP contribution in [0.5, 0.6) is 11.5 Å². The molecule has 1 aliphatic heterocycles. The van der Waals surface area contributed by atoms with Gasteiger partial charge in [0.25, 0.3) is 0 Å². The van der Waals surface area contributed by atoms with Crippen LogP contribution in [-0.4, -0.2) is 38.3 Å². The van der Waals surface area contributed by atoms with Crippen molar-refractivity contribution in [2.24, 2.45) is 17.6 Å². The van der Waals surface area contributed by atoms with Crippen molar-refractivity contribution in [1.29, 1.82) is 0 Å². The van der Waals surface area contributed by atoms with E-state index in [0.29, 0.717) is 28.5 Å². The van der Waals surface area contributed by atoms with Gasteiger partial charge in [-0.05, 0) is 36.3 Å². The van der Waals surface area contributed by atoms with Crippen LogP contribution in [0.25, 0.3) is 0 Å². The molecule has 0 amide bonds. The Labute approximate surface area is 137 Å². The van der Waals surface area contributed by atoms with Crippen LogP contribution in [0.4, 0.5) is 0 Å². The van der Waals surface area contributed by atoms with Gasteiger partial charge in [0.15, 0.2) is 11.5 Å². The van der Waals surface area contributed by atoms with Gasteiger partial charge >= 0.3 is 0 Å². The fourth-order valence-electron chi connectivity index (χ4n) is 4.03. The van der Waals surface area contributed by atoms with E-state index in [1.165, 1.54) is 19.3 Å². The first kappa shape index (κ1) is 15.9. The quantitative estimate of drug-likeness (QED) is 0.925. The molecule has 1 saturated carbocycles. The number of hydrogen-bond acceptors (Lipinski definition) is 4. The van der Waals surface area contributed by atoms with Crippen LogP contribution in [-0.2, 0) is 6.54 Å². The minimum atomic E-state index is 0.365. The van der Waals surface area contributed by atoms with E-state index >= 15 is 0 Å². The lowest BCUT2D eigenvalue weighted by molar-refractivity contribution is 0.259. The summed E-state index contributed by atoms with van der Waals surface area (Å²) < 4.78 is 10.7. The molecular weight excluding hydrogens is 300 g/mol. The van der Waals surface area contributed by atoms with Crippen molar-refractivity contribution in [2.45, 2.75) is 31.8 Å². The Morgan fingerprint density at radius 1 is 1.23 bits per heavy atom. The molecular formula is C17H25ClN2O2. The predicted molar refractivity (Wildman–Crippen MR) is 88.6 cm³/mol. The minimum Gasteiger partial charge on any atom is -0.493 e. The molecule has 1 aromatic rings. The van der Waals surface area contributed by atoms with Crippen molar-refractivity contribution < 1.29 is 9.47 Å². The topological polar surface area (TPSA) is 47.7 Å². The van der Waals surface area contributed by atoms with Gasteiger partial charge < -0.3 is 15.2 Å². The van der Waals surface area contributed by atoms with Gasteiger partial charge in [0.1, 0.15) is 0 Å². The Morgan fingerprint density at radius 3 is 2.73 bits per heavy atom. The summed E-state index contributed by atoms with van der Waals surface area (Å²) in [5.74, 6) is 2.69. The van der Waals surface area contributed by atoms with Gasteiger partial charge in [0.2, 0.25) is 0 Å². The Hall–Kier alpha value is -0.970. The SMILES string of the molecule is COc1ccc(CN2CC3CCCC(N)C3C2)c(Cl)c1OC. The zero-order chi connectivity index (χ0) is 15.7. The molecule has 0 radical (unpaired) electrons. The molecule has 1 heterocycles. The highest BCUT2D eigenvalue weighted by Crippen LogP contribution is 2.40. The van der Waals surface area contributed by atoms with Crippen LogP contribution in [0.1, 0.15) is 24.8 Å². The van der Waals surface area contributed by atoms with Crippen molar-refractivity contribution in [3.8, 4) is 11.5 Å². The molecule has 3 atom stereocenters. The van der Waals surface area contributed by atoms with Crippen molar-refractivity contribution in [3.05, 3.63) is 22.7 Å². The van der Waals surface area contributed by atoms with Gasteiger partial charge in [-0.15, -0.1) is 0 Å². The summed E-state index contributed by atoms with van der Waals surface area (Å²) >= 11 is 6.50. The number of hydrogen-bond donors (Lipinski definition) is 1. The van der Waals surface area contributed by atoms with Crippen LogP contribution in [0.3, 0.4) is 0 Å². The molecule has 1 saturated heterocycles. The van der Waals surface area contributed by atoms with Gasteiger partial charge in [-0.1, -0.05) is 24.1 Å². The van der Waals surface area contributed by atoms with E-state index in [4.69, 9.17) is 26.8 Å². The summed E-state index contributed by atoms with van der Waals surface area (Å²) in [6.07, 6.45) is 3.76. The summed E-state index contributed by atoms with van der Waals surface area (Å²) in [4.78, 5) is 2.48. The van der Waals surface area contributed by atoms with E-state index in [0.717, 1.165) is 31.1 Å². The monoisotopic (exact) mass is 324 g/mol. The molecule has 0 bridgehead atoms. The first-order chi connectivity index (χ1) is 10.6. The van der Waals surface area contributed by atoms with Crippen LogP contribution in [0.15, 0.2) is 12.1 Å². The molecule has 122 valence electrons. The average Bonchev–Trinajstić information content (AvgIpc) is 2.93. The first-order valence-corrected chi connectivity index (χ1v) is 8.39. The number of benzene rings is 1. The third-order valence-corrected chi connectivity index (χ3v) is 5.60. The number of likely N-dealkylation sites (tertiary alicyclic amines) is 1. The largest absolute Gasteiger partial charge is 0.493 e. The highest BCUT2D eigenvalue weighted by molar-refractivity contribution is 6.33. The molecule has 3 rings (SSSR count). The van der Waals surface area contributed by atoms with Crippen LogP contribution >= 0.6 is 11.6 Å². The third kappa shape index (κ3) is 2.92. The number of ether oxygens (including phenoxy) is 2. The third-order valence-electron chi connectivity index (χ3n) is 5.19. The molecule has 0 aromatic heterocycles. The van der Waals surface area contributed by atoms with Crippen molar-refractivity contribution in [3.63, 3.8) is 0 Å². The second-order valence-electron chi connectivity index (χ2n) is 6.49. The van der Waals surface area contributed by atoms with Gasteiger partial charge in [-0.3, -0.25) is 4.90 Å². The predicted octanol–water partition coefficient (Wildman–Crippen LogP) is 2.92. The zero-order valence-electron chi connectivity index (χ0n) is 13.3. The maximum Gasteiger partial charge on any atom is 0.179 e. The Kier molecular flexibility index (Phi) is 4.81. The van der Waals surface area contributed by atoms with Crippen molar-refractivity contribution >= 4 is 11.6 Å². The maximum atomic E-state index is 6.50. The molecule has 5 heteroatoms. The number of nitrogens with two attached hydrogens (primary N) is 1. The smallest absolute Gasteiger partial charge is 0.179 e. The number of fused-ring (bicyclic) bond motifs is 1. The van der Waals surface area contributed by atoms with Crippen LogP contribution in [0, 0.1) is 11.8 Å². The number of halogens is 1. The summed E-state index contributed by atoms with van der Waals surface area (Å²) in [6.45, 7) is 3.05. The molecule has 4 nitrogen and oxygen atoms in total. The van der Waals surface area contributed by atoms with E-state index in [-0.39, 0.29) is 0 Å². The molecule has 2 aliphatic rings. The second-order valence-corrected chi connectivity index (χ2v) is 6.86. The molecule has 1 aliphatic carbocycles. The van der Waals surface area contributed by atoms with Gasteiger partial charge in [-0.2, -0.15) is 0 Å². The first-order valence-electron chi connectivity index (χ1n) is 8.01. The van der Waals surface area contributed by atoms with Crippen LogP contribution < -0.4 is 15.2 Å². The Balaban J connectivity index is 1.74. The highest BCUT2D eigenvalue weighted by Gasteiger charge is 2.38. The summed E-state index contributed by atoms with van der Waals surface area (Å²) in [5.41, 5.74) is 7.39. The molecule has 2 N–H and O–H groups in total. The lowest BCUT2D eigenvalue weighted by Crippen LogP contribution is -2.38. The summed E-state index contributed by atoms with van der Waals surface area (Å²) in [6, 6.07) is 4.32. The van der Waals surface area contributed by atoms with Crippen LogP contribution in [0.2, 0.25) is 5.02 Å². The summed E-state index contributed by atoms with van der Waals surface area (Å²) in [7, 11) is 3.25. The van der Waals surface area contributed by atoms with Gasteiger partial charge in [-0.25, -0.2) is 0 Å². The fourth-order valence-corrected chi connectivity index (χ4v) is 4.32. The van der Waals surface area contributed by atoms with E-state index in [9.17, 15) is 0 Å². The zero-order valence-corrected chi connectivity index (χ0v) is 14.1. The normalized spacial score (nSPS) is 28.5. The van der Waals surface area contributed by atoms with Gasteiger partial charge in [0, 0.05) is 25.7 Å². The van der Waals surface area contributed by atoms with E-state index < -0.39 is 0 Å². The number of rotatable bonds is 4. The molecule has 2 fully saturated rings. The maximum absolute atomic E-state index is 6.50. The fraction of sp³-hybridized carbons (Fsp3) is 0.647.